The van der Waals surface area contributed by atoms with Crippen molar-refractivity contribution in [1.82, 2.24) is 9.97 Å². The summed E-state index contributed by atoms with van der Waals surface area (Å²) in [5, 5.41) is 3.23. The van der Waals surface area contributed by atoms with Gasteiger partial charge in [-0.1, -0.05) is 18.3 Å². The number of thioether (sulfide) groups is 1. The zero-order chi connectivity index (χ0) is 15.4. The van der Waals surface area contributed by atoms with E-state index in [1.807, 2.05) is 6.92 Å². The fourth-order valence-corrected chi connectivity index (χ4v) is 3.38. The molecule has 8 heteroatoms. The molecule has 6 nitrogen and oxygen atoms in total. The zero-order valence-corrected chi connectivity index (χ0v) is 13.4. The molecule has 1 N–H and O–H groups in total. The van der Waals surface area contributed by atoms with E-state index in [4.69, 9.17) is 8.83 Å². The first-order chi connectivity index (χ1) is 10.7. The molecule has 0 spiro atoms. The van der Waals surface area contributed by atoms with Gasteiger partial charge in [0.2, 0.25) is 5.89 Å². The summed E-state index contributed by atoms with van der Waals surface area (Å²) in [4.78, 5) is 20.2. The van der Waals surface area contributed by atoms with Crippen molar-refractivity contribution in [1.29, 1.82) is 0 Å². The van der Waals surface area contributed by atoms with Crippen molar-refractivity contribution in [2.45, 2.75) is 23.3 Å². The lowest BCUT2D eigenvalue weighted by Crippen LogP contribution is -2.10. The number of nitrogens with one attached hydrogen (secondary N) is 1. The van der Waals surface area contributed by atoms with Crippen LogP contribution in [0.25, 0.3) is 0 Å². The maximum absolute atomic E-state index is 11.8. The third kappa shape index (κ3) is 3.58. The summed E-state index contributed by atoms with van der Waals surface area (Å²) in [7, 11) is 0. The lowest BCUT2D eigenvalue weighted by Gasteiger charge is -1.97. The van der Waals surface area contributed by atoms with Crippen LogP contribution in [-0.2, 0) is 12.2 Å². The largest absolute Gasteiger partial charge is 0.459 e. The van der Waals surface area contributed by atoms with Gasteiger partial charge in [0.05, 0.1) is 28.6 Å². The van der Waals surface area contributed by atoms with E-state index in [1.54, 1.807) is 36.3 Å². The molecule has 0 aliphatic heterocycles. The monoisotopic (exact) mass is 335 g/mol. The molecule has 0 aromatic carbocycles. The molecule has 3 heterocycles. The number of aryl methyl sites for hydroxylation is 1. The molecule has 0 radical (unpaired) electrons. The van der Waals surface area contributed by atoms with Crippen LogP contribution in [0.2, 0.25) is 0 Å². The average Bonchev–Trinajstić information content (AvgIpc) is 3.26. The maximum atomic E-state index is 11.8. The van der Waals surface area contributed by atoms with Gasteiger partial charge in [0.1, 0.15) is 5.76 Å². The Morgan fingerprint density at radius 2 is 2.32 bits per heavy atom. The number of aromatic nitrogens is 2. The number of hydrogen-bond acceptors (Lipinski definition) is 7. The molecule has 1 amide bonds. The lowest BCUT2D eigenvalue weighted by atomic mass is 10.4. The van der Waals surface area contributed by atoms with E-state index >= 15 is 0 Å². The fourth-order valence-electron chi connectivity index (χ4n) is 1.66. The van der Waals surface area contributed by atoms with Crippen LogP contribution in [0, 0.1) is 0 Å². The van der Waals surface area contributed by atoms with E-state index in [-0.39, 0.29) is 11.7 Å². The van der Waals surface area contributed by atoms with E-state index in [1.165, 1.54) is 17.6 Å². The summed E-state index contributed by atoms with van der Waals surface area (Å²) in [5.41, 5.74) is 0. The summed E-state index contributed by atoms with van der Waals surface area (Å²) in [6.45, 7) is 2.02. The van der Waals surface area contributed by atoms with Gasteiger partial charge in [0.25, 0.3) is 5.91 Å². The normalized spacial score (nSPS) is 10.8. The number of anilines is 1. The number of carbonyl (C=O) groups is 1. The number of furan rings is 1. The number of carbonyl (C=O) groups excluding carboxylic acids is 1. The topological polar surface area (TPSA) is 81.2 Å². The molecule has 3 aromatic heterocycles. The molecule has 0 saturated carbocycles. The Hall–Kier alpha value is -2.06. The Labute approximate surface area is 135 Å². The van der Waals surface area contributed by atoms with Crippen LogP contribution in [0.15, 0.2) is 43.8 Å². The van der Waals surface area contributed by atoms with Crippen molar-refractivity contribution >= 4 is 34.1 Å². The van der Waals surface area contributed by atoms with Gasteiger partial charge in [-0.05, 0) is 12.1 Å². The van der Waals surface area contributed by atoms with Crippen molar-refractivity contribution in [3.63, 3.8) is 0 Å². The first-order valence-corrected chi connectivity index (χ1v) is 8.42. The quantitative estimate of drug-likeness (QED) is 0.690. The fraction of sp³-hybridized carbons (Fsp3) is 0.214. The molecule has 0 aliphatic carbocycles. The minimum Gasteiger partial charge on any atom is -0.459 e. The van der Waals surface area contributed by atoms with E-state index in [2.05, 4.69) is 15.3 Å². The first kappa shape index (κ1) is 14.9. The summed E-state index contributed by atoms with van der Waals surface area (Å²) < 4.78 is 11.6. The average molecular weight is 335 g/mol. The second-order valence-electron chi connectivity index (χ2n) is 4.28. The maximum Gasteiger partial charge on any atom is 0.293 e. The molecule has 3 aromatic rings. The van der Waals surface area contributed by atoms with Crippen molar-refractivity contribution in [2.24, 2.45) is 0 Å². The minimum atomic E-state index is -0.309. The Kier molecular flexibility index (Phi) is 4.59. The predicted molar refractivity (Wildman–Crippen MR) is 84.2 cm³/mol. The van der Waals surface area contributed by atoms with Gasteiger partial charge in [0, 0.05) is 6.42 Å². The molecular formula is C14H13N3O3S2. The van der Waals surface area contributed by atoms with Gasteiger partial charge in [0.15, 0.2) is 10.9 Å². The van der Waals surface area contributed by atoms with Gasteiger partial charge in [-0.25, -0.2) is 9.97 Å². The number of hydrogen-bond donors (Lipinski definition) is 1. The molecule has 114 valence electrons. The molecular weight excluding hydrogens is 322 g/mol. The number of thiazole rings is 1. The minimum absolute atomic E-state index is 0.260. The summed E-state index contributed by atoms with van der Waals surface area (Å²) in [6, 6.07) is 3.27. The molecule has 3 rings (SSSR count). The van der Waals surface area contributed by atoms with E-state index in [9.17, 15) is 4.79 Å². The van der Waals surface area contributed by atoms with Gasteiger partial charge in [-0.2, -0.15) is 0 Å². The van der Waals surface area contributed by atoms with Crippen molar-refractivity contribution < 1.29 is 13.6 Å². The van der Waals surface area contributed by atoms with Crippen LogP contribution in [0.3, 0.4) is 0 Å². The van der Waals surface area contributed by atoms with Crippen LogP contribution < -0.4 is 5.32 Å². The van der Waals surface area contributed by atoms with Gasteiger partial charge < -0.3 is 8.83 Å². The highest BCUT2D eigenvalue weighted by atomic mass is 32.2. The van der Waals surface area contributed by atoms with Crippen LogP contribution in [0.4, 0.5) is 5.13 Å². The smallest absolute Gasteiger partial charge is 0.293 e. The third-order valence-electron chi connectivity index (χ3n) is 2.74. The van der Waals surface area contributed by atoms with Gasteiger partial charge in [-0.3, -0.25) is 10.1 Å². The van der Waals surface area contributed by atoms with Crippen molar-refractivity contribution in [3.8, 4) is 0 Å². The highest BCUT2D eigenvalue weighted by Crippen LogP contribution is 2.30. The van der Waals surface area contributed by atoms with Crippen LogP contribution >= 0.6 is 23.1 Å². The Morgan fingerprint density at radius 3 is 3.05 bits per heavy atom. The molecule has 0 bridgehead atoms. The van der Waals surface area contributed by atoms with Crippen LogP contribution in [0.1, 0.15) is 29.1 Å². The highest BCUT2D eigenvalue weighted by molar-refractivity contribution is 8.00. The van der Waals surface area contributed by atoms with E-state index < -0.39 is 0 Å². The number of amides is 1. The van der Waals surface area contributed by atoms with Crippen LogP contribution in [-0.4, -0.2) is 15.9 Å². The summed E-state index contributed by atoms with van der Waals surface area (Å²) >= 11 is 2.97. The molecule has 0 aliphatic rings. The number of rotatable bonds is 6. The Morgan fingerprint density at radius 1 is 1.41 bits per heavy atom. The highest BCUT2D eigenvalue weighted by Gasteiger charge is 2.12. The van der Waals surface area contributed by atoms with E-state index in [0.717, 1.165) is 16.4 Å². The lowest BCUT2D eigenvalue weighted by molar-refractivity contribution is 0.0996. The molecule has 0 atom stereocenters. The van der Waals surface area contributed by atoms with E-state index in [0.29, 0.717) is 16.8 Å². The zero-order valence-electron chi connectivity index (χ0n) is 11.7. The number of nitrogens with zero attached hydrogens (tertiary/aromatic N) is 2. The van der Waals surface area contributed by atoms with Crippen molar-refractivity contribution in [3.05, 3.63) is 48.2 Å². The van der Waals surface area contributed by atoms with Gasteiger partial charge >= 0.3 is 0 Å². The molecule has 0 unspecified atom stereocenters. The Balaban J connectivity index is 1.55. The summed E-state index contributed by atoms with van der Waals surface area (Å²) in [6.07, 6.45) is 5.76. The summed E-state index contributed by atoms with van der Waals surface area (Å²) in [5.74, 6) is 2.16. The van der Waals surface area contributed by atoms with Crippen LogP contribution in [0.5, 0.6) is 0 Å². The molecule has 22 heavy (non-hydrogen) atoms. The third-order valence-corrected chi connectivity index (χ3v) is 4.83. The molecule has 0 saturated heterocycles. The van der Waals surface area contributed by atoms with Gasteiger partial charge in [-0.15, -0.1) is 11.8 Å². The predicted octanol–water partition coefficient (Wildman–Crippen LogP) is 3.83. The SMILES string of the molecule is CCc1cnc(CSc2cnc(NC(=O)c3ccco3)s2)o1. The first-order valence-electron chi connectivity index (χ1n) is 6.61. The molecule has 0 fully saturated rings. The van der Waals surface area contributed by atoms with Crippen molar-refractivity contribution in [2.75, 3.05) is 5.32 Å². The number of oxazole rings is 1. The standard InChI is InChI=1S/C14H13N3O3S2/c1-2-9-6-15-11(20-9)8-21-12-7-16-14(22-12)17-13(18)10-4-3-5-19-10/h3-7H,2,8H2,1H3,(H,16,17,18). The second kappa shape index (κ2) is 6.80. The Bertz CT molecular complexity index is 749. The second-order valence-corrected chi connectivity index (χ2v) is 6.58.